The van der Waals surface area contributed by atoms with Crippen molar-refractivity contribution in [3.63, 3.8) is 0 Å². The second kappa shape index (κ2) is 2.01. The van der Waals surface area contributed by atoms with Crippen LogP contribution >= 0.6 is 11.6 Å². The molecule has 2 nitrogen and oxygen atoms in total. The molecule has 1 aromatic heterocycles. The lowest BCUT2D eigenvalue weighted by molar-refractivity contribution is 0.454. The van der Waals surface area contributed by atoms with Crippen molar-refractivity contribution in [3.05, 3.63) is 23.3 Å². The minimum Gasteiger partial charge on any atom is -0.492 e. The molecule has 0 aliphatic rings. The van der Waals surface area contributed by atoms with Gasteiger partial charge < -0.3 is 5.11 Å². The molecule has 8 heavy (non-hydrogen) atoms. The molecule has 0 aromatic carbocycles. The first kappa shape index (κ1) is 4.15. The zero-order valence-corrected chi connectivity index (χ0v) is 4.68. The summed E-state index contributed by atoms with van der Waals surface area (Å²) in [6.07, 6.45) is 1.22. The predicted octanol–water partition coefficient (Wildman–Crippen LogP) is 1.44. The number of hydrogen-bond donors (Lipinski definition) is 1. The molecule has 0 aliphatic heterocycles. The normalized spacial score (nSPS) is 10.9. The van der Waals surface area contributed by atoms with Gasteiger partial charge >= 0.3 is 0 Å². The first-order valence-electron chi connectivity index (χ1n) is 2.51. The third-order valence-corrected chi connectivity index (χ3v) is 0.963. The molecule has 0 atom stereocenters. The SMILES string of the molecule is [2H]c1cnc(O)c(Cl)c1. The van der Waals surface area contributed by atoms with E-state index >= 15 is 0 Å². The summed E-state index contributed by atoms with van der Waals surface area (Å²) in [5, 5.41) is 8.83. The van der Waals surface area contributed by atoms with E-state index in [0.717, 1.165) is 0 Å². The van der Waals surface area contributed by atoms with Crippen LogP contribution < -0.4 is 0 Å². The fourth-order valence-corrected chi connectivity index (χ4v) is 0.447. The number of pyridine rings is 1. The minimum absolute atomic E-state index is 0.113. The average Bonchev–Trinajstić information content (AvgIpc) is 1.80. The van der Waals surface area contributed by atoms with Gasteiger partial charge in [0.05, 0.1) is 1.37 Å². The molecule has 0 radical (unpaired) electrons. The van der Waals surface area contributed by atoms with E-state index in [1.807, 2.05) is 0 Å². The van der Waals surface area contributed by atoms with E-state index < -0.39 is 0 Å². The van der Waals surface area contributed by atoms with Crippen molar-refractivity contribution in [2.75, 3.05) is 0 Å². The van der Waals surface area contributed by atoms with Crippen molar-refractivity contribution >= 4 is 11.6 Å². The highest BCUT2D eigenvalue weighted by Gasteiger charge is 1.91. The van der Waals surface area contributed by atoms with E-state index in [-0.39, 0.29) is 16.9 Å². The maximum absolute atomic E-state index is 8.72. The number of nitrogens with zero attached hydrogens (tertiary/aromatic N) is 1. The van der Waals surface area contributed by atoms with Crippen LogP contribution in [0, 0.1) is 0 Å². The highest BCUT2D eigenvalue weighted by molar-refractivity contribution is 6.31. The molecule has 1 heterocycles. The van der Waals surface area contributed by atoms with Crippen LogP contribution in [0.2, 0.25) is 5.02 Å². The topological polar surface area (TPSA) is 33.1 Å². The lowest BCUT2D eigenvalue weighted by Crippen LogP contribution is -1.70. The number of aromatic hydroxyl groups is 1. The molecule has 42 valence electrons. The lowest BCUT2D eigenvalue weighted by atomic mass is 10.5. The summed E-state index contributed by atoms with van der Waals surface area (Å²) >= 11 is 5.38. The van der Waals surface area contributed by atoms with Gasteiger partial charge in [-0.15, -0.1) is 0 Å². The Morgan fingerprint density at radius 2 is 2.62 bits per heavy atom. The van der Waals surface area contributed by atoms with Gasteiger partial charge in [-0.05, 0) is 12.1 Å². The smallest absolute Gasteiger partial charge is 0.230 e. The van der Waals surface area contributed by atoms with Gasteiger partial charge in [-0.2, -0.15) is 0 Å². The third-order valence-electron chi connectivity index (χ3n) is 0.685. The van der Waals surface area contributed by atoms with Crippen molar-refractivity contribution in [1.29, 1.82) is 0 Å². The molecule has 0 amide bonds. The second-order valence-electron chi connectivity index (χ2n) is 1.24. The van der Waals surface area contributed by atoms with Gasteiger partial charge in [0.15, 0.2) is 0 Å². The highest BCUT2D eigenvalue weighted by atomic mass is 35.5. The van der Waals surface area contributed by atoms with Crippen molar-refractivity contribution in [3.8, 4) is 5.88 Å². The number of hydrogen-bond acceptors (Lipinski definition) is 2. The van der Waals surface area contributed by atoms with Gasteiger partial charge in [0.1, 0.15) is 5.02 Å². The third kappa shape index (κ3) is 0.898. The zero-order valence-electron chi connectivity index (χ0n) is 4.93. The Labute approximate surface area is 53.2 Å². The van der Waals surface area contributed by atoms with Crippen LogP contribution in [0.5, 0.6) is 5.88 Å². The van der Waals surface area contributed by atoms with E-state index in [4.69, 9.17) is 18.1 Å². The summed E-state index contributed by atoms with van der Waals surface area (Å²) in [7, 11) is 0. The number of rotatable bonds is 0. The molecular formula is C5H4ClNO. The van der Waals surface area contributed by atoms with Crippen LogP contribution in [-0.4, -0.2) is 10.1 Å². The van der Waals surface area contributed by atoms with Gasteiger partial charge in [0.2, 0.25) is 5.88 Å². The van der Waals surface area contributed by atoms with Crippen molar-refractivity contribution in [2.24, 2.45) is 0 Å². The van der Waals surface area contributed by atoms with E-state index in [1.165, 1.54) is 12.3 Å². The Morgan fingerprint density at radius 3 is 3.12 bits per heavy atom. The Balaban J connectivity index is 3.17. The van der Waals surface area contributed by atoms with Gasteiger partial charge in [-0.25, -0.2) is 4.98 Å². The minimum atomic E-state index is -0.229. The molecule has 0 spiro atoms. The van der Waals surface area contributed by atoms with Crippen molar-refractivity contribution < 1.29 is 6.48 Å². The van der Waals surface area contributed by atoms with Crippen molar-refractivity contribution in [2.45, 2.75) is 0 Å². The molecule has 1 rings (SSSR count). The molecule has 0 bridgehead atoms. The van der Waals surface area contributed by atoms with Gasteiger partial charge in [0, 0.05) is 6.20 Å². The fraction of sp³-hybridized carbons (Fsp3) is 0. The first-order chi connectivity index (χ1) is 4.20. The highest BCUT2D eigenvalue weighted by Crippen LogP contribution is 2.16. The Hall–Kier alpha value is -0.760. The van der Waals surface area contributed by atoms with Gasteiger partial charge in [0.25, 0.3) is 0 Å². The largest absolute Gasteiger partial charge is 0.492 e. The van der Waals surface area contributed by atoms with E-state index in [9.17, 15) is 0 Å². The fourth-order valence-electron chi connectivity index (χ4n) is 0.335. The van der Waals surface area contributed by atoms with E-state index in [2.05, 4.69) is 4.98 Å². The summed E-state index contributed by atoms with van der Waals surface area (Å²) in [6, 6.07) is 1.52. The molecule has 0 unspecified atom stereocenters. The zero-order chi connectivity index (χ0) is 6.85. The van der Waals surface area contributed by atoms with Crippen LogP contribution in [0.15, 0.2) is 18.3 Å². The quantitative estimate of drug-likeness (QED) is 0.577. The van der Waals surface area contributed by atoms with Gasteiger partial charge in [-0.3, -0.25) is 0 Å². The molecule has 0 saturated heterocycles. The molecule has 0 fully saturated rings. The Kier molecular flexibility index (Phi) is 1.04. The van der Waals surface area contributed by atoms with E-state index in [1.54, 1.807) is 0 Å². The molecule has 0 saturated carbocycles. The standard InChI is InChI=1S/C5H4ClNO/c6-4-2-1-3-7-5(4)8/h1-3H,(H,7,8)/i1D. The van der Waals surface area contributed by atoms with E-state index in [0.29, 0.717) is 0 Å². The van der Waals surface area contributed by atoms with Gasteiger partial charge in [-0.1, -0.05) is 11.6 Å². The molecule has 0 aliphatic carbocycles. The monoisotopic (exact) mass is 130 g/mol. The maximum atomic E-state index is 8.72. The predicted molar refractivity (Wildman–Crippen MR) is 30.9 cm³/mol. The molecule has 1 aromatic rings. The van der Waals surface area contributed by atoms with Crippen molar-refractivity contribution in [1.82, 2.24) is 4.98 Å². The van der Waals surface area contributed by atoms with Crippen LogP contribution in [0.4, 0.5) is 0 Å². The Bertz CT molecular complexity index is 228. The summed E-state index contributed by atoms with van der Waals surface area (Å²) in [4.78, 5) is 3.41. The summed E-state index contributed by atoms with van der Waals surface area (Å²) in [5.41, 5.74) is 0. The average molecular weight is 131 g/mol. The van der Waals surface area contributed by atoms with Crippen LogP contribution in [-0.2, 0) is 0 Å². The Morgan fingerprint density at radius 1 is 1.88 bits per heavy atom. The number of halogens is 1. The summed E-state index contributed by atoms with van der Waals surface area (Å²) in [6.45, 7) is 0. The maximum Gasteiger partial charge on any atom is 0.230 e. The molecule has 3 heteroatoms. The molecular weight excluding hydrogens is 126 g/mol. The van der Waals surface area contributed by atoms with Crippen LogP contribution in [0.1, 0.15) is 1.37 Å². The summed E-state index contributed by atoms with van der Waals surface area (Å²) < 4.78 is 6.97. The second-order valence-corrected chi connectivity index (χ2v) is 1.65. The first-order valence-corrected chi connectivity index (χ1v) is 2.39. The molecule has 1 N–H and O–H groups in total. The van der Waals surface area contributed by atoms with Crippen LogP contribution in [0.3, 0.4) is 0 Å². The van der Waals surface area contributed by atoms with Crippen LogP contribution in [0.25, 0.3) is 0 Å². The lowest BCUT2D eigenvalue weighted by Gasteiger charge is -1.88. The number of aromatic nitrogens is 1. The summed E-state index contributed by atoms with van der Waals surface area (Å²) in [5.74, 6) is -0.229.